The second kappa shape index (κ2) is 11.1. The van der Waals surface area contributed by atoms with Crippen LogP contribution >= 0.6 is 24.8 Å². The van der Waals surface area contributed by atoms with Crippen LogP contribution in [0.2, 0.25) is 0 Å². The molecule has 1 aromatic rings. The van der Waals surface area contributed by atoms with E-state index in [-0.39, 0.29) is 24.8 Å². The molecule has 0 spiro atoms. The van der Waals surface area contributed by atoms with Crippen molar-refractivity contribution in [3.63, 3.8) is 0 Å². The average molecular weight is 349 g/mol. The molecular weight excluding hydrogens is 319 g/mol. The Morgan fingerprint density at radius 3 is 2.36 bits per heavy atom. The number of para-hydroxylation sites is 1. The molecule has 1 unspecified atom stereocenters. The van der Waals surface area contributed by atoms with Crippen molar-refractivity contribution < 1.29 is 4.74 Å². The van der Waals surface area contributed by atoms with Gasteiger partial charge in [-0.1, -0.05) is 38.5 Å². The van der Waals surface area contributed by atoms with Gasteiger partial charge in [0.1, 0.15) is 5.75 Å². The number of hydrogen-bond acceptors (Lipinski definition) is 3. The molecule has 2 atom stereocenters. The third-order valence-corrected chi connectivity index (χ3v) is 4.27. The van der Waals surface area contributed by atoms with Crippen LogP contribution in [0.5, 0.6) is 5.75 Å². The normalized spacial score (nSPS) is 17.8. The van der Waals surface area contributed by atoms with Crippen molar-refractivity contribution >= 4 is 24.8 Å². The molecule has 22 heavy (non-hydrogen) atoms. The summed E-state index contributed by atoms with van der Waals surface area (Å²) in [6, 6.07) is 9.01. The molecule has 1 heterocycles. The van der Waals surface area contributed by atoms with Gasteiger partial charge in [0, 0.05) is 37.8 Å². The van der Waals surface area contributed by atoms with Gasteiger partial charge < -0.3 is 10.1 Å². The van der Waals surface area contributed by atoms with Gasteiger partial charge in [0.25, 0.3) is 0 Å². The highest BCUT2D eigenvalue weighted by molar-refractivity contribution is 5.85. The Bertz CT molecular complexity index is 411. The monoisotopic (exact) mass is 348 g/mol. The lowest BCUT2D eigenvalue weighted by molar-refractivity contribution is 0.125. The van der Waals surface area contributed by atoms with Crippen LogP contribution in [0.15, 0.2) is 24.3 Å². The Balaban J connectivity index is 0.00000220. The Labute approximate surface area is 147 Å². The molecule has 2 rings (SSSR count). The third-order valence-electron chi connectivity index (χ3n) is 4.27. The Kier molecular flexibility index (Phi) is 10.9. The summed E-state index contributed by atoms with van der Waals surface area (Å²) in [7, 11) is 0. The lowest BCUT2D eigenvalue weighted by atomic mass is 9.90. The van der Waals surface area contributed by atoms with Crippen LogP contribution in [-0.2, 0) is 0 Å². The number of rotatable bonds is 6. The highest BCUT2D eigenvalue weighted by Gasteiger charge is 2.28. The lowest BCUT2D eigenvalue weighted by Gasteiger charge is -2.39. The van der Waals surface area contributed by atoms with Gasteiger partial charge >= 0.3 is 0 Å². The van der Waals surface area contributed by atoms with Gasteiger partial charge in [0.2, 0.25) is 0 Å². The molecule has 3 nitrogen and oxygen atoms in total. The van der Waals surface area contributed by atoms with Crippen LogP contribution in [0, 0.1) is 5.92 Å². The van der Waals surface area contributed by atoms with Gasteiger partial charge in [0.15, 0.2) is 0 Å². The maximum Gasteiger partial charge on any atom is 0.124 e. The average Bonchev–Trinajstić information content (AvgIpc) is 2.50. The summed E-state index contributed by atoms with van der Waals surface area (Å²) in [6.07, 6.45) is 1.19. The van der Waals surface area contributed by atoms with Crippen molar-refractivity contribution in [3.05, 3.63) is 29.8 Å². The molecule has 1 N–H and O–H groups in total. The SMILES string of the molecule is CCOc1ccccc1[C@H](C(C)CC)N1CCNCC1.Cl.Cl. The van der Waals surface area contributed by atoms with Gasteiger partial charge in [-0.05, 0) is 18.9 Å². The zero-order valence-electron chi connectivity index (χ0n) is 13.9. The molecule has 0 amide bonds. The second-order valence-electron chi connectivity index (χ2n) is 5.59. The predicted octanol–water partition coefficient (Wildman–Crippen LogP) is 3.92. The van der Waals surface area contributed by atoms with Crippen molar-refractivity contribution in [2.24, 2.45) is 5.92 Å². The minimum absolute atomic E-state index is 0. The summed E-state index contributed by atoms with van der Waals surface area (Å²) in [5.41, 5.74) is 1.35. The largest absolute Gasteiger partial charge is 0.494 e. The van der Waals surface area contributed by atoms with E-state index in [1.54, 1.807) is 0 Å². The van der Waals surface area contributed by atoms with Crippen molar-refractivity contribution in [1.29, 1.82) is 0 Å². The van der Waals surface area contributed by atoms with E-state index >= 15 is 0 Å². The number of benzene rings is 1. The molecule has 1 fully saturated rings. The van der Waals surface area contributed by atoms with E-state index in [0.717, 1.165) is 38.5 Å². The van der Waals surface area contributed by atoms with Crippen LogP contribution in [0.3, 0.4) is 0 Å². The molecule has 1 aliphatic rings. The van der Waals surface area contributed by atoms with Crippen LogP contribution in [-0.4, -0.2) is 37.7 Å². The molecule has 1 saturated heterocycles. The number of piperazine rings is 1. The first-order chi connectivity index (χ1) is 9.77. The topological polar surface area (TPSA) is 24.5 Å². The first kappa shape index (κ1) is 21.5. The zero-order valence-corrected chi connectivity index (χ0v) is 15.5. The zero-order chi connectivity index (χ0) is 14.4. The van der Waals surface area contributed by atoms with E-state index in [9.17, 15) is 0 Å². The summed E-state index contributed by atoms with van der Waals surface area (Å²) >= 11 is 0. The molecule has 0 aromatic heterocycles. The lowest BCUT2D eigenvalue weighted by Crippen LogP contribution is -2.46. The molecular formula is C17H30Cl2N2O. The minimum atomic E-state index is 0. The first-order valence-corrected chi connectivity index (χ1v) is 7.94. The van der Waals surface area contributed by atoms with Crippen LogP contribution < -0.4 is 10.1 Å². The van der Waals surface area contributed by atoms with Crippen molar-refractivity contribution in [2.45, 2.75) is 33.2 Å². The number of ether oxygens (including phenoxy) is 1. The summed E-state index contributed by atoms with van der Waals surface area (Å²) in [5.74, 6) is 1.69. The summed E-state index contributed by atoms with van der Waals surface area (Å²) in [5, 5.41) is 3.44. The van der Waals surface area contributed by atoms with Crippen molar-refractivity contribution in [3.8, 4) is 5.75 Å². The number of hydrogen-bond donors (Lipinski definition) is 1. The van der Waals surface area contributed by atoms with E-state index in [4.69, 9.17) is 4.74 Å². The summed E-state index contributed by atoms with van der Waals surface area (Å²) in [4.78, 5) is 2.61. The minimum Gasteiger partial charge on any atom is -0.494 e. The van der Waals surface area contributed by atoms with Crippen molar-refractivity contribution in [1.82, 2.24) is 10.2 Å². The first-order valence-electron chi connectivity index (χ1n) is 7.94. The fourth-order valence-corrected chi connectivity index (χ4v) is 3.06. The molecule has 0 aliphatic carbocycles. The van der Waals surface area contributed by atoms with Crippen LogP contribution in [0.4, 0.5) is 0 Å². The maximum atomic E-state index is 5.86. The third kappa shape index (κ3) is 5.31. The molecule has 0 radical (unpaired) electrons. The number of halogens is 2. The molecule has 1 aliphatic heterocycles. The van der Waals surface area contributed by atoms with Crippen LogP contribution in [0.1, 0.15) is 38.8 Å². The second-order valence-corrected chi connectivity index (χ2v) is 5.59. The van der Waals surface area contributed by atoms with Gasteiger partial charge in [-0.25, -0.2) is 0 Å². The smallest absolute Gasteiger partial charge is 0.124 e. The summed E-state index contributed by atoms with van der Waals surface area (Å²) < 4.78 is 5.86. The van der Waals surface area contributed by atoms with Gasteiger partial charge in [-0.15, -0.1) is 24.8 Å². The maximum absolute atomic E-state index is 5.86. The molecule has 1 aromatic carbocycles. The highest BCUT2D eigenvalue weighted by atomic mass is 35.5. The van der Waals surface area contributed by atoms with E-state index in [1.165, 1.54) is 12.0 Å². The molecule has 5 heteroatoms. The number of nitrogens with zero attached hydrogens (tertiary/aromatic N) is 1. The Hall–Kier alpha value is -0.480. The van der Waals surface area contributed by atoms with E-state index in [1.807, 2.05) is 0 Å². The highest BCUT2D eigenvalue weighted by Crippen LogP contribution is 2.36. The number of nitrogens with one attached hydrogen (secondary N) is 1. The predicted molar refractivity (Wildman–Crippen MR) is 98.7 cm³/mol. The van der Waals surface area contributed by atoms with E-state index in [0.29, 0.717) is 12.0 Å². The molecule has 128 valence electrons. The van der Waals surface area contributed by atoms with E-state index in [2.05, 4.69) is 55.3 Å². The molecule has 0 saturated carbocycles. The standard InChI is InChI=1S/C17H28N2O.2ClH/c1-4-14(3)17(19-12-10-18-11-13-19)15-8-6-7-9-16(15)20-5-2;;/h6-9,14,17-18H,4-5,10-13H2,1-3H3;2*1H/t14?,17-;;/m0../s1. The van der Waals surface area contributed by atoms with Crippen LogP contribution in [0.25, 0.3) is 0 Å². The van der Waals surface area contributed by atoms with Gasteiger partial charge in [-0.2, -0.15) is 0 Å². The Morgan fingerprint density at radius 2 is 1.77 bits per heavy atom. The van der Waals surface area contributed by atoms with E-state index < -0.39 is 0 Å². The summed E-state index contributed by atoms with van der Waals surface area (Å²) in [6.45, 7) is 11.8. The van der Waals surface area contributed by atoms with Gasteiger partial charge in [0.05, 0.1) is 6.61 Å². The molecule has 0 bridgehead atoms. The van der Waals surface area contributed by atoms with Crippen molar-refractivity contribution in [2.75, 3.05) is 32.8 Å². The van der Waals surface area contributed by atoms with Gasteiger partial charge in [-0.3, -0.25) is 4.90 Å². The quantitative estimate of drug-likeness (QED) is 0.842. The Morgan fingerprint density at radius 1 is 1.14 bits per heavy atom. The fourth-order valence-electron chi connectivity index (χ4n) is 3.06. The fraction of sp³-hybridized carbons (Fsp3) is 0.647.